The Bertz CT molecular complexity index is 475. The lowest BCUT2D eigenvalue weighted by Crippen LogP contribution is -2.20. The van der Waals surface area contributed by atoms with E-state index < -0.39 is 5.97 Å². The predicted octanol–water partition coefficient (Wildman–Crippen LogP) is 2.19. The molecule has 6 heteroatoms. The third-order valence-electron chi connectivity index (χ3n) is 2.49. The minimum absolute atomic E-state index is 0.0453. The van der Waals surface area contributed by atoms with Crippen LogP contribution in [0.15, 0.2) is 18.2 Å². The molecule has 0 aliphatic carbocycles. The fourth-order valence-electron chi connectivity index (χ4n) is 1.48. The first-order valence-electron chi connectivity index (χ1n) is 5.87. The van der Waals surface area contributed by atoms with Crippen LogP contribution in [0.3, 0.4) is 0 Å². The van der Waals surface area contributed by atoms with Gasteiger partial charge in [0.05, 0.1) is 18.4 Å². The smallest absolute Gasteiger partial charge is 0.340 e. The number of rotatable bonds is 5. The summed E-state index contributed by atoms with van der Waals surface area (Å²) in [6, 6.07) is 4.57. The first-order chi connectivity index (χ1) is 8.93. The number of hydrogen-bond donors (Lipinski definition) is 2. The van der Waals surface area contributed by atoms with Crippen molar-refractivity contribution in [2.45, 2.75) is 25.8 Å². The van der Waals surface area contributed by atoms with Gasteiger partial charge in [0, 0.05) is 17.5 Å². The predicted molar refractivity (Wildman–Crippen MR) is 74.3 cm³/mol. The number of ether oxygens (including phenoxy) is 1. The van der Waals surface area contributed by atoms with E-state index >= 15 is 0 Å². The zero-order valence-electron chi connectivity index (χ0n) is 10.9. The molecule has 0 saturated heterocycles. The lowest BCUT2D eigenvalue weighted by Gasteiger charge is -2.11. The Kier molecular flexibility index (Phi) is 5.79. The van der Waals surface area contributed by atoms with Crippen LogP contribution in [0, 0.1) is 0 Å². The van der Waals surface area contributed by atoms with E-state index in [4.69, 9.17) is 17.3 Å². The van der Waals surface area contributed by atoms with Gasteiger partial charge < -0.3 is 15.8 Å². The van der Waals surface area contributed by atoms with Gasteiger partial charge in [0.25, 0.3) is 0 Å². The van der Waals surface area contributed by atoms with Crippen LogP contribution in [-0.4, -0.2) is 25.0 Å². The molecule has 0 bridgehead atoms. The van der Waals surface area contributed by atoms with Crippen molar-refractivity contribution in [3.8, 4) is 0 Å². The Morgan fingerprint density at radius 3 is 2.74 bits per heavy atom. The summed E-state index contributed by atoms with van der Waals surface area (Å²) in [7, 11) is 1.27. The number of methoxy groups -OCH3 is 1. The zero-order valence-corrected chi connectivity index (χ0v) is 11.7. The molecule has 1 atom stereocenters. The molecule has 0 radical (unpaired) electrons. The van der Waals surface area contributed by atoms with E-state index in [-0.39, 0.29) is 17.5 Å². The minimum atomic E-state index is -0.551. The van der Waals surface area contributed by atoms with Crippen LogP contribution in [0.2, 0.25) is 5.02 Å². The van der Waals surface area contributed by atoms with Crippen molar-refractivity contribution in [3.05, 3.63) is 28.8 Å². The molecule has 5 nitrogen and oxygen atoms in total. The highest BCUT2D eigenvalue weighted by Gasteiger charge is 2.14. The molecule has 0 aliphatic heterocycles. The van der Waals surface area contributed by atoms with E-state index in [0.29, 0.717) is 23.6 Å². The lowest BCUT2D eigenvalue weighted by atomic mass is 10.1. The Labute approximate surface area is 117 Å². The standard InChI is InChI=1S/C13H17ClN2O3/c1-8(15)3-6-12(17)16-11-5-4-9(14)7-10(11)13(18)19-2/h4-5,7-8H,3,6,15H2,1-2H3,(H,16,17). The van der Waals surface area contributed by atoms with Crippen LogP contribution in [0.4, 0.5) is 5.69 Å². The van der Waals surface area contributed by atoms with Gasteiger partial charge in [0.1, 0.15) is 0 Å². The normalized spacial score (nSPS) is 11.8. The second kappa shape index (κ2) is 7.11. The maximum absolute atomic E-state index is 11.7. The molecule has 1 aromatic rings. The van der Waals surface area contributed by atoms with Crippen LogP contribution < -0.4 is 11.1 Å². The average molecular weight is 285 g/mol. The summed E-state index contributed by atoms with van der Waals surface area (Å²) in [6.45, 7) is 1.83. The van der Waals surface area contributed by atoms with Crippen molar-refractivity contribution >= 4 is 29.2 Å². The molecular formula is C13H17ClN2O3. The van der Waals surface area contributed by atoms with E-state index in [9.17, 15) is 9.59 Å². The van der Waals surface area contributed by atoms with Crippen molar-refractivity contribution in [3.63, 3.8) is 0 Å². The van der Waals surface area contributed by atoms with Crippen LogP contribution in [0.25, 0.3) is 0 Å². The number of esters is 1. The Balaban J connectivity index is 2.82. The molecule has 1 aromatic carbocycles. The lowest BCUT2D eigenvalue weighted by molar-refractivity contribution is -0.116. The Morgan fingerprint density at radius 1 is 1.47 bits per heavy atom. The van der Waals surface area contributed by atoms with E-state index in [1.54, 1.807) is 12.1 Å². The van der Waals surface area contributed by atoms with Gasteiger partial charge in [-0.15, -0.1) is 0 Å². The first kappa shape index (κ1) is 15.5. The number of halogens is 1. The molecule has 1 rings (SSSR count). The summed E-state index contributed by atoms with van der Waals surface area (Å²) in [4.78, 5) is 23.3. The third-order valence-corrected chi connectivity index (χ3v) is 2.72. The number of carbonyl (C=O) groups excluding carboxylic acids is 2. The van der Waals surface area contributed by atoms with Crippen molar-refractivity contribution < 1.29 is 14.3 Å². The maximum atomic E-state index is 11.7. The van der Waals surface area contributed by atoms with Crippen molar-refractivity contribution in [2.75, 3.05) is 12.4 Å². The molecule has 3 N–H and O–H groups in total. The molecule has 0 aliphatic rings. The van der Waals surface area contributed by atoms with Crippen molar-refractivity contribution in [2.24, 2.45) is 5.73 Å². The molecule has 1 unspecified atom stereocenters. The number of amides is 1. The highest BCUT2D eigenvalue weighted by molar-refractivity contribution is 6.31. The molecule has 104 valence electrons. The molecule has 1 amide bonds. The van der Waals surface area contributed by atoms with Crippen LogP contribution in [0.5, 0.6) is 0 Å². The van der Waals surface area contributed by atoms with E-state index in [2.05, 4.69) is 10.1 Å². The molecule has 0 saturated carbocycles. The molecular weight excluding hydrogens is 268 g/mol. The third kappa shape index (κ3) is 4.89. The molecule has 0 aromatic heterocycles. The minimum Gasteiger partial charge on any atom is -0.465 e. The summed E-state index contributed by atoms with van der Waals surface area (Å²) in [5.74, 6) is -0.755. The van der Waals surface area contributed by atoms with Gasteiger partial charge in [-0.1, -0.05) is 11.6 Å². The molecule has 0 heterocycles. The van der Waals surface area contributed by atoms with Gasteiger partial charge in [-0.2, -0.15) is 0 Å². The fraction of sp³-hybridized carbons (Fsp3) is 0.385. The molecule has 0 fully saturated rings. The summed E-state index contributed by atoms with van der Waals surface area (Å²) >= 11 is 5.82. The highest BCUT2D eigenvalue weighted by Crippen LogP contribution is 2.21. The summed E-state index contributed by atoms with van der Waals surface area (Å²) in [5, 5.41) is 3.05. The second-order valence-corrected chi connectivity index (χ2v) is 4.68. The topological polar surface area (TPSA) is 81.4 Å². The van der Waals surface area contributed by atoms with Gasteiger partial charge in [-0.05, 0) is 31.5 Å². The highest BCUT2D eigenvalue weighted by atomic mass is 35.5. The average Bonchev–Trinajstić information content (AvgIpc) is 2.37. The number of benzene rings is 1. The number of carbonyl (C=O) groups is 2. The summed E-state index contributed by atoms with van der Waals surface area (Å²) < 4.78 is 4.64. The van der Waals surface area contributed by atoms with Gasteiger partial charge in [0.15, 0.2) is 0 Å². The van der Waals surface area contributed by atoms with E-state index in [1.165, 1.54) is 13.2 Å². The second-order valence-electron chi connectivity index (χ2n) is 4.25. The summed E-state index contributed by atoms with van der Waals surface area (Å²) in [5.41, 5.74) is 6.19. The van der Waals surface area contributed by atoms with Gasteiger partial charge >= 0.3 is 5.97 Å². The largest absolute Gasteiger partial charge is 0.465 e. The first-order valence-corrected chi connectivity index (χ1v) is 6.25. The quantitative estimate of drug-likeness (QED) is 0.812. The SMILES string of the molecule is COC(=O)c1cc(Cl)ccc1NC(=O)CCC(C)N. The number of nitrogens with two attached hydrogens (primary N) is 1. The zero-order chi connectivity index (χ0) is 14.4. The van der Waals surface area contributed by atoms with Crippen LogP contribution in [-0.2, 0) is 9.53 Å². The van der Waals surface area contributed by atoms with Crippen LogP contribution in [0.1, 0.15) is 30.1 Å². The Morgan fingerprint density at radius 2 is 2.16 bits per heavy atom. The monoisotopic (exact) mass is 284 g/mol. The van der Waals surface area contributed by atoms with Gasteiger partial charge in [0.2, 0.25) is 5.91 Å². The summed E-state index contributed by atoms with van der Waals surface area (Å²) in [6.07, 6.45) is 0.869. The van der Waals surface area contributed by atoms with E-state index in [1.807, 2.05) is 6.92 Å². The van der Waals surface area contributed by atoms with E-state index in [0.717, 1.165) is 0 Å². The fourth-order valence-corrected chi connectivity index (χ4v) is 1.65. The van der Waals surface area contributed by atoms with Gasteiger partial charge in [-0.25, -0.2) is 4.79 Å². The van der Waals surface area contributed by atoms with Crippen molar-refractivity contribution in [1.29, 1.82) is 0 Å². The van der Waals surface area contributed by atoms with Crippen molar-refractivity contribution in [1.82, 2.24) is 0 Å². The number of nitrogens with one attached hydrogen (secondary N) is 1. The number of hydrogen-bond acceptors (Lipinski definition) is 4. The maximum Gasteiger partial charge on any atom is 0.340 e. The Hall–Kier alpha value is -1.59. The number of anilines is 1. The van der Waals surface area contributed by atoms with Crippen LogP contribution >= 0.6 is 11.6 Å². The molecule has 0 spiro atoms. The molecule has 19 heavy (non-hydrogen) atoms. The van der Waals surface area contributed by atoms with Gasteiger partial charge in [-0.3, -0.25) is 4.79 Å².